The summed E-state index contributed by atoms with van der Waals surface area (Å²) < 4.78 is 21.9. The maximum Gasteiger partial charge on any atom is 0.315 e. The van der Waals surface area contributed by atoms with Crippen LogP contribution in [0, 0.1) is 5.41 Å². The molecule has 0 bridgehead atoms. The number of carbonyl (C=O) groups excluding carboxylic acids is 2. The van der Waals surface area contributed by atoms with Crippen LogP contribution in [0.5, 0.6) is 0 Å². The van der Waals surface area contributed by atoms with Crippen LogP contribution in [0.15, 0.2) is 54.6 Å². The molecule has 3 aromatic carbocycles. The molecule has 0 spiro atoms. The van der Waals surface area contributed by atoms with Crippen molar-refractivity contribution in [2.24, 2.45) is 11.1 Å². The third kappa shape index (κ3) is 11.9. The molecular weight excluding hydrogens is 601 g/mol. The van der Waals surface area contributed by atoms with Gasteiger partial charge in [0.1, 0.15) is 13.2 Å². The predicted octanol–water partition coefficient (Wildman–Crippen LogP) is 7.00. The number of aliphatic hydroxyl groups excluding tert-OH is 1. The minimum atomic E-state index is -0.609. The first-order valence-corrected chi connectivity index (χ1v) is 18.0. The van der Waals surface area contributed by atoms with Gasteiger partial charge in [-0.05, 0) is 79.0 Å². The standard InChI is InChI=1S/C26H33O4P.C11H23NO3/c1-5-12-26(2,31-4)25(27)30-14-13-29-24(28-3)16-19-10-11-22-17-20-8-6-7-9-21(20)18-23(22)15-19;1-4-6-11(3,8-12)10(14)15-7-9(13)5-2/h6-11,15,17-18,24,31H,5,12-14,16H2,1-4H3;9,13H,4-8,12H2,1-3H3. The maximum absolute atomic E-state index is 12.4. The van der Waals surface area contributed by atoms with Crippen LogP contribution >= 0.6 is 8.58 Å². The van der Waals surface area contributed by atoms with E-state index in [1.54, 1.807) is 14.0 Å². The molecule has 0 heterocycles. The summed E-state index contributed by atoms with van der Waals surface area (Å²) in [5.74, 6) is -0.436. The average molecular weight is 658 g/mol. The van der Waals surface area contributed by atoms with Gasteiger partial charge in [0.2, 0.25) is 0 Å². The molecule has 0 aliphatic rings. The summed E-state index contributed by atoms with van der Waals surface area (Å²) in [5, 5.41) is 13.8. The van der Waals surface area contributed by atoms with Gasteiger partial charge in [0, 0.05) is 20.1 Å². The minimum Gasteiger partial charge on any atom is -0.463 e. The minimum absolute atomic E-state index is 0.0641. The highest BCUT2D eigenvalue weighted by Crippen LogP contribution is 2.34. The Hall–Kier alpha value is -2.61. The number of carbonyl (C=O) groups is 2. The normalized spacial score (nSPS) is 15.5. The quantitative estimate of drug-likeness (QED) is 0.0494. The third-order valence-electron chi connectivity index (χ3n) is 8.43. The van der Waals surface area contributed by atoms with Gasteiger partial charge in [0.15, 0.2) is 6.29 Å². The number of hydrogen-bond acceptors (Lipinski definition) is 8. The fraction of sp³-hybridized carbons (Fsp3) is 0.568. The second-order valence-corrected chi connectivity index (χ2v) is 13.9. The largest absolute Gasteiger partial charge is 0.463 e. The summed E-state index contributed by atoms with van der Waals surface area (Å²) in [4.78, 5) is 24.1. The van der Waals surface area contributed by atoms with Crippen molar-refractivity contribution in [1.82, 2.24) is 0 Å². The van der Waals surface area contributed by atoms with Gasteiger partial charge in [-0.15, -0.1) is 8.58 Å². The molecule has 3 N–H and O–H groups in total. The first kappa shape index (κ1) is 39.6. The molecule has 0 fully saturated rings. The van der Waals surface area contributed by atoms with E-state index in [1.807, 2.05) is 20.8 Å². The molecule has 0 aliphatic heterocycles. The summed E-state index contributed by atoms with van der Waals surface area (Å²) in [6.07, 6.45) is 3.68. The molecule has 3 rings (SSSR count). The summed E-state index contributed by atoms with van der Waals surface area (Å²) in [7, 11) is 2.16. The second-order valence-electron chi connectivity index (χ2n) is 12.3. The molecule has 8 nitrogen and oxygen atoms in total. The van der Waals surface area contributed by atoms with E-state index in [2.05, 4.69) is 68.2 Å². The van der Waals surface area contributed by atoms with Gasteiger partial charge >= 0.3 is 11.9 Å². The van der Waals surface area contributed by atoms with E-state index in [9.17, 15) is 14.7 Å². The topological polar surface area (TPSA) is 117 Å². The molecule has 5 atom stereocenters. The summed E-state index contributed by atoms with van der Waals surface area (Å²) in [6, 6.07) is 19.3. The lowest BCUT2D eigenvalue weighted by atomic mass is 9.86. The van der Waals surface area contributed by atoms with Crippen LogP contribution in [0.3, 0.4) is 0 Å². The molecule has 46 heavy (non-hydrogen) atoms. The van der Waals surface area contributed by atoms with E-state index in [0.29, 0.717) is 34.5 Å². The highest BCUT2D eigenvalue weighted by molar-refractivity contribution is 7.40. The molecule has 5 unspecified atom stereocenters. The molecular formula is C37H56NO7P. The van der Waals surface area contributed by atoms with Crippen molar-refractivity contribution < 1.29 is 33.6 Å². The zero-order valence-corrected chi connectivity index (χ0v) is 29.9. The molecule has 3 aromatic rings. The molecule has 256 valence electrons. The van der Waals surface area contributed by atoms with Crippen LogP contribution in [-0.4, -0.2) is 74.7 Å². The van der Waals surface area contributed by atoms with Crippen LogP contribution in [0.1, 0.15) is 72.3 Å². The summed E-state index contributed by atoms with van der Waals surface area (Å²) in [5.41, 5.74) is 6.11. The van der Waals surface area contributed by atoms with E-state index >= 15 is 0 Å². The number of benzene rings is 3. The molecule has 9 heteroatoms. The monoisotopic (exact) mass is 657 g/mol. The Bertz CT molecular complexity index is 1370. The van der Waals surface area contributed by atoms with Gasteiger partial charge in [-0.25, -0.2) is 0 Å². The van der Waals surface area contributed by atoms with Gasteiger partial charge in [-0.2, -0.15) is 0 Å². The fourth-order valence-corrected chi connectivity index (χ4v) is 5.90. The Morgan fingerprint density at radius 3 is 2.07 bits per heavy atom. The highest BCUT2D eigenvalue weighted by Gasteiger charge is 2.33. The lowest BCUT2D eigenvalue weighted by Crippen LogP contribution is -2.38. The molecule has 0 radical (unpaired) electrons. The number of esters is 2. The van der Waals surface area contributed by atoms with Crippen molar-refractivity contribution in [3.05, 3.63) is 60.2 Å². The van der Waals surface area contributed by atoms with Gasteiger partial charge in [0.25, 0.3) is 0 Å². The first-order valence-electron chi connectivity index (χ1n) is 16.5. The van der Waals surface area contributed by atoms with Crippen molar-refractivity contribution in [2.45, 2.75) is 90.7 Å². The van der Waals surface area contributed by atoms with Crippen molar-refractivity contribution in [3.63, 3.8) is 0 Å². The number of fused-ring (bicyclic) bond motifs is 2. The Labute approximate surface area is 277 Å². The Kier molecular flexibility index (Phi) is 17.1. The van der Waals surface area contributed by atoms with Gasteiger partial charge in [-0.1, -0.05) is 76.1 Å². The van der Waals surface area contributed by atoms with Crippen LogP contribution < -0.4 is 5.73 Å². The molecule has 0 saturated heterocycles. The molecule has 0 amide bonds. The lowest BCUT2D eigenvalue weighted by Gasteiger charge is -2.25. The van der Waals surface area contributed by atoms with E-state index in [0.717, 1.165) is 24.8 Å². The number of methoxy groups -OCH3 is 1. The van der Waals surface area contributed by atoms with Crippen LogP contribution in [-0.2, 0) is 35.0 Å². The third-order valence-corrected chi connectivity index (χ3v) is 9.99. The Morgan fingerprint density at radius 1 is 0.870 bits per heavy atom. The van der Waals surface area contributed by atoms with Gasteiger partial charge in [-0.3, -0.25) is 9.59 Å². The zero-order valence-electron chi connectivity index (χ0n) is 28.9. The van der Waals surface area contributed by atoms with Crippen molar-refractivity contribution in [3.8, 4) is 0 Å². The maximum atomic E-state index is 12.4. The van der Waals surface area contributed by atoms with Crippen molar-refractivity contribution in [2.75, 3.05) is 40.1 Å². The zero-order chi connectivity index (χ0) is 34.2. The molecule has 0 aliphatic carbocycles. The van der Waals surface area contributed by atoms with E-state index in [-0.39, 0.29) is 43.1 Å². The molecule has 0 aromatic heterocycles. The molecule has 0 saturated carbocycles. The Morgan fingerprint density at radius 2 is 1.50 bits per heavy atom. The smallest absolute Gasteiger partial charge is 0.315 e. The van der Waals surface area contributed by atoms with Crippen LogP contribution in [0.25, 0.3) is 21.5 Å². The number of rotatable bonds is 18. The average Bonchev–Trinajstić information content (AvgIpc) is 3.07. The van der Waals surface area contributed by atoms with E-state index in [4.69, 9.17) is 24.7 Å². The highest BCUT2D eigenvalue weighted by atomic mass is 31.1. The number of ether oxygens (including phenoxy) is 4. The van der Waals surface area contributed by atoms with Crippen LogP contribution in [0.4, 0.5) is 0 Å². The number of hydrogen-bond donors (Lipinski definition) is 2. The summed E-state index contributed by atoms with van der Waals surface area (Å²) >= 11 is 0. The summed E-state index contributed by atoms with van der Waals surface area (Å²) in [6.45, 7) is 12.7. The fourth-order valence-electron chi connectivity index (χ4n) is 5.12. The van der Waals surface area contributed by atoms with Gasteiger partial charge in [0.05, 0.1) is 23.3 Å². The lowest BCUT2D eigenvalue weighted by molar-refractivity contribution is -0.158. The second kappa shape index (κ2) is 19.9. The van der Waals surface area contributed by atoms with Crippen LogP contribution in [0.2, 0.25) is 0 Å². The first-order chi connectivity index (χ1) is 22.0. The van der Waals surface area contributed by atoms with Crippen molar-refractivity contribution >= 4 is 42.1 Å². The van der Waals surface area contributed by atoms with Gasteiger partial charge < -0.3 is 29.8 Å². The van der Waals surface area contributed by atoms with E-state index in [1.165, 1.54) is 21.5 Å². The predicted molar refractivity (Wildman–Crippen MR) is 190 cm³/mol. The van der Waals surface area contributed by atoms with Crippen molar-refractivity contribution in [1.29, 1.82) is 0 Å². The van der Waals surface area contributed by atoms with E-state index < -0.39 is 11.5 Å². The Balaban J connectivity index is 0.000000415. The number of nitrogens with two attached hydrogens (primary N) is 1. The SMILES string of the molecule is CCCC(C)(CN)C(=O)OCC(O)CC.CCCC(C)(PC)C(=O)OCCOC(Cc1ccc2cc3ccccc3cc2c1)OC. The number of aliphatic hydroxyl groups is 1.